The molecule has 0 unspecified atom stereocenters. The maximum Gasteiger partial charge on any atom is 0.217 e. The van der Waals surface area contributed by atoms with Gasteiger partial charge in [-0.3, -0.25) is 9.52 Å². The first kappa shape index (κ1) is 8.87. The van der Waals surface area contributed by atoms with Crippen LogP contribution in [0.5, 0.6) is 0 Å². The second kappa shape index (κ2) is 3.97. The SMILES string of the molecule is CSN[C@H]1C[C@H](NC(C)=O)C1. The number of nitrogens with one attached hydrogen (secondary N) is 2. The highest BCUT2D eigenvalue weighted by molar-refractivity contribution is 7.96. The molecular formula is C7H14N2OS. The Bertz CT molecular complexity index is 145. The summed E-state index contributed by atoms with van der Waals surface area (Å²) in [5.74, 6) is 0.0811. The van der Waals surface area contributed by atoms with E-state index in [0.29, 0.717) is 12.1 Å². The predicted octanol–water partition coefficient (Wildman–Crippen LogP) is 0.521. The molecule has 11 heavy (non-hydrogen) atoms. The van der Waals surface area contributed by atoms with Crippen molar-refractivity contribution in [3.8, 4) is 0 Å². The van der Waals surface area contributed by atoms with Crippen LogP contribution in [0.3, 0.4) is 0 Å². The Morgan fingerprint density at radius 3 is 2.55 bits per heavy atom. The summed E-state index contributed by atoms with van der Waals surface area (Å²) < 4.78 is 3.25. The van der Waals surface area contributed by atoms with E-state index in [1.165, 1.54) is 0 Å². The fourth-order valence-corrected chi connectivity index (χ4v) is 1.81. The molecule has 0 aliphatic heterocycles. The summed E-state index contributed by atoms with van der Waals surface area (Å²) in [4.78, 5) is 10.6. The van der Waals surface area contributed by atoms with Gasteiger partial charge in [-0.2, -0.15) is 0 Å². The van der Waals surface area contributed by atoms with Crippen LogP contribution in [0.2, 0.25) is 0 Å². The van der Waals surface area contributed by atoms with E-state index >= 15 is 0 Å². The smallest absolute Gasteiger partial charge is 0.217 e. The molecule has 1 rings (SSSR count). The summed E-state index contributed by atoms with van der Waals surface area (Å²) in [6.45, 7) is 1.56. The van der Waals surface area contributed by atoms with Crippen LogP contribution in [-0.4, -0.2) is 24.2 Å². The van der Waals surface area contributed by atoms with Crippen LogP contribution < -0.4 is 10.0 Å². The first-order valence-electron chi connectivity index (χ1n) is 3.78. The number of hydrogen-bond donors (Lipinski definition) is 2. The number of carbonyl (C=O) groups excluding carboxylic acids is 1. The predicted molar refractivity (Wildman–Crippen MR) is 47.3 cm³/mol. The largest absolute Gasteiger partial charge is 0.353 e. The van der Waals surface area contributed by atoms with Gasteiger partial charge in [-0.05, 0) is 19.1 Å². The molecule has 1 aliphatic carbocycles. The zero-order valence-electron chi connectivity index (χ0n) is 6.89. The van der Waals surface area contributed by atoms with Crippen LogP contribution in [0, 0.1) is 0 Å². The molecular weight excluding hydrogens is 160 g/mol. The first-order valence-corrected chi connectivity index (χ1v) is 5.00. The maximum absolute atomic E-state index is 10.6. The number of carbonyl (C=O) groups is 1. The van der Waals surface area contributed by atoms with Gasteiger partial charge in [-0.25, -0.2) is 0 Å². The Balaban J connectivity index is 2.04. The van der Waals surface area contributed by atoms with Gasteiger partial charge in [0.1, 0.15) is 0 Å². The Morgan fingerprint density at radius 2 is 2.09 bits per heavy atom. The van der Waals surface area contributed by atoms with Crippen LogP contribution in [0.25, 0.3) is 0 Å². The van der Waals surface area contributed by atoms with E-state index in [4.69, 9.17) is 0 Å². The molecule has 0 aromatic carbocycles. The normalized spacial score (nSPS) is 29.3. The lowest BCUT2D eigenvalue weighted by molar-refractivity contribution is -0.120. The molecule has 1 saturated carbocycles. The fraction of sp³-hybridized carbons (Fsp3) is 0.857. The molecule has 0 spiro atoms. The van der Waals surface area contributed by atoms with E-state index in [9.17, 15) is 4.79 Å². The van der Waals surface area contributed by atoms with Crippen LogP contribution in [0.15, 0.2) is 0 Å². The monoisotopic (exact) mass is 174 g/mol. The zero-order chi connectivity index (χ0) is 8.27. The maximum atomic E-state index is 10.6. The second-order valence-electron chi connectivity index (χ2n) is 2.89. The molecule has 64 valence electrons. The average Bonchev–Trinajstić information content (AvgIpc) is 1.82. The summed E-state index contributed by atoms with van der Waals surface area (Å²) >= 11 is 1.64. The highest BCUT2D eigenvalue weighted by atomic mass is 32.2. The number of rotatable bonds is 3. The summed E-state index contributed by atoms with van der Waals surface area (Å²) in [7, 11) is 0. The van der Waals surface area contributed by atoms with Gasteiger partial charge in [0, 0.05) is 19.0 Å². The van der Waals surface area contributed by atoms with Crippen molar-refractivity contribution < 1.29 is 4.79 Å². The van der Waals surface area contributed by atoms with Gasteiger partial charge < -0.3 is 5.32 Å². The second-order valence-corrected chi connectivity index (χ2v) is 3.53. The van der Waals surface area contributed by atoms with Gasteiger partial charge in [0.25, 0.3) is 0 Å². The summed E-state index contributed by atoms with van der Waals surface area (Å²) in [5, 5.41) is 2.88. The highest BCUT2D eigenvalue weighted by Crippen LogP contribution is 2.20. The summed E-state index contributed by atoms with van der Waals surface area (Å²) in [5.41, 5.74) is 0. The van der Waals surface area contributed by atoms with Crippen molar-refractivity contribution in [2.45, 2.75) is 31.8 Å². The van der Waals surface area contributed by atoms with Crippen LogP contribution >= 0.6 is 11.9 Å². The third-order valence-corrected chi connectivity index (χ3v) is 2.40. The molecule has 0 aromatic heterocycles. The lowest BCUT2D eigenvalue weighted by atomic mass is 9.88. The topological polar surface area (TPSA) is 41.1 Å². The quantitative estimate of drug-likeness (QED) is 0.613. The molecule has 0 saturated heterocycles. The van der Waals surface area contributed by atoms with E-state index < -0.39 is 0 Å². The Kier molecular flexibility index (Phi) is 3.20. The molecule has 1 aliphatic rings. The van der Waals surface area contributed by atoms with Crippen molar-refractivity contribution in [2.24, 2.45) is 0 Å². The van der Waals surface area contributed by atoms with E-state index in [0.717, 1.165) is 12.8 Å². The van der Waals surface area contributed by atoms with E-state index in [1.54, 1.807) is 18.9 Å². The number of amides is 1. The van der Waals surface area contributed by atoms with Gasteiger partial charge in [0.05, 0.1) is 0 Å². The summed E-state index contributed by atoms with van der Waals surface area (Å²) in [6, 6.07) is 1.01. The van der Waals surface area contributed by atoms with Crippen LogP contribution in [0.4, 0.5) is 0 Å². The standard InChI is InChI=1S/C7H14N2OS/c1-5(10)8-6-3-7(4-6)9-11-2/h6-7,9H,3-4H2,1-2H3,(H,8,10)/t6-,7-. The minimum Gasteiger partial charge on any atom is -0.353 e. The molecule has 2 N–H and O–H groups in total. The molecule has 0 atom stereocenters. The Labute approximate surface area is 71.4 Å². The third-order valence-electron chi connectivity index (χ3n) is 1.83. The van der Waals surface area contributed by atoms with Crippen molar-refractivity contribution in [3.63, 3.8) is 0 Å². The van der Waals surface area contributed by atoms with Crippen LogP contribution in [0.1, 0.15) is 19.8 Å². The molecule has 0 heterocycles. The Morgan fingerprint density at radius 1 is 1.45 bits per heavy atom. The van der Waals surface area contributed by atoms with Gasteiger partial charge >= 0.3 is 0 Å². The van der Waals surface area contributed by atoms with Gasteiger partial charge in [-0.15, -0.1) is 0 Å². The molecule has 4 heteroatoms. The van der Waals surface area contributed by atoms with Crippen molar-refractivity contribution in [2.75, 3.05) is 6.26 Å². The zero-order valence-corrected chi connectivity index (χ0v) is 7.70. The van der Waals surface area contributed by atoms with E-state index in [-0.39, 0.29) is 5.91 Å². The summed E-state index contributed by atoms with van der Waals surface area (Å²) in [6.07, 6.45) is 4.16. The van der Waals surface area contributed by atoms with Crippen molar-refractivity contribution in [3.05, 3.63) is 0 Å². The molecule has 0 bridgehead atoms. The Hall–Kier alpha value is -0.220. The molecule has 0 aromatic rings. The van der Waals surface area contributed by atoms with Crippen molar-refractivity contribution in [1.29, 1.82) is 0 Å². The highest BCUT2D eigenvalue weighted by Gasteiger charge is 2.28. The lowest BCUT2D eigenvalue weighted by Crippen LogP contribution is -2.50. The molecule has 3 nitrogen and oxygen atoms in total. The minimum absolute atomic E-state index is 0.0811. The van der Waals surface area contributed by atoms with E-state index in [2.05, 4.69) is 10.0 Å². The molecule has 1 fully saturated rings. The first-order chi connectivity index (χ1) is 5.22. The average molecular weight is 174 g/mol. The molecule has 0 radical (unpaired) electrons. The third kappa shape index (κ3) is 2.71. The lowest BCUT2D eigenvalue weighted by Gasteiger charge is -2.35. The van der Waals surface area contributed by atoms with Crippen molar-refractivity contribution >= 4 is 17.9 Å². The van der Waals surface area contributed by atoms with Gasteiger partial charge in [-0.1, -0.05) is 11.9 Å². The fourth-order valence-electron chi connectivity index (χ4n) is 1.29. The van der Waals surface area contributed by atoms with Crippen molar-refractivity contribution in [1.82, 2.24) is 10.0 Å². The van der Waals surface area contributed by atoms with Crippen LogP contribution in [-0.2, 0) is 4.79 Å². The van der Waals surface area contributed by atoms with Gasteiger partial charge in [0.2, 0.25) is 5.91 Å². The minimum atomic E-state index is 0.0811. The van der Waals surface area contributed by atoms with Gasteiger partial charge in [0.15, 0.2) is 0 Å². The van der Waals surface area contributed by atoms with E-state index in [1.807, 2.05) is 6.26 Å². The molecule has 1 amide bonds. The number of hydrogen-bond acceptors (Lipinski definition) is 3.